The van der Waals surface area contributed by atoms with Crippen LogP contribution in [0.4, 0.5) is 0 Å². The monoisotopic (exact) mass is 251 g/mol. The van der Waals surface area contributed by atoms with Crippen molar-refractivity contribution in [2.24, 2.45) is 5.92 Å². The van der Waals surface area contributed by atoms with Gasteiger partial charge in [-0.2, -0.15) is 0 Å². The Bertz CT molecular complexity index is 351. The van der Waals surface area contributed by atoms with Crippen LogP contribution in [-0.4, -0.2) is 36.0 Å². The summed E-state index contributed by atoms with van der Waals surface area (Å²) in [6.07, 6.45) is 7.82. The molecular formula is C14H21NO3. The highest BCUT2D eigenvalue weighted by Gasteiger charge is 2.31. The second kappa shape index (κ2) is 6.03. The van der Waals surface area contributed by atoms with Crippen molar-refractivity contribution in [3.8, 4) is 0 Å². The summed E-state index contributed by atoms with van der Waals surface area (Å²) in [6, 6.07) is 0.0901. The van der Waals surface area contributed by atoms with Crippen molar-refractivity contribution in [1.29, 1.82) is 0 Å². The van der Waals surface area contributed by atoms with Gasteiger partial charge in [-0.3, -0.25) is 9.59 Å². The molecule has 1 fully saturated rings. The van der Waals surface area contributed by atoms with Gasteiger partial charge in [0.2, 0.25) is 5.91 Å². The minimum atomic E-state index is -0.160. The molecule has 2 rings (SSSR count). The van der Waals surface area contributed by atoms with E-state index < -0.39 is 0 Å². The lowest BCUT2D eigenvalue weighted by atomic mass is 10.0. The zero-order chi connectivity index (χ0) is 13.0. The highest BCUT2D eigenvalue weighted by molar-refractivity contribution is 5.79. The summed E-state index contributed by atoms with van der Waals surface area (Å²) in [7, 11) is 0. The van der Waals surface area contributed by atoms with Crippen molar-refractivity contribution in [1.82, 2.24) is 4.90 Å². The maximum absolute atomic E-state index is 12.3. The van der Waals surface area contributed by atoms with Crippen LogP contribution in [-0.2, 0) is 14.3 Å². The van der Waals surface area contributed by atoms with Crippen molar-refractivity contribution in [3.05, 3.63) is 12.2 Å². The van der Waals surface area contributed by atoms with E-state index in [1.54, 1.807) is 0 Å². The van der Waals surface area contributed by atoms with Gasteiger partial charge in [0.05, 0.1) is 6.04 Å². The van der Waals surface area contributed by atoms with Crippen LogP contribution < -0.4 is 0 Å². The van der Waals surface area contributed by atoms with Gasteiger partial charge in [-0.05, 0) is 25.7 Å². The predicted octanol–water partition coefficient (Wildman–Crippen LogP) is 1.90. The minimum Gasteiger partial charge on any atom is -0.463 e. The molecule has 0 aromatic carbocycles. The lowest BCUT2D eigenvalue weighted by Crippen LogP contribution is -2.41. The average molecular weight is 251 g/mol. The quantitative estimate of drug-likeness (QED) is 0.488. The molecule has 0 bridgehead atoms. The molecule has 4 nitrogen and oxygen atoms in total. The number of esters is 1. The number of ether oxygens (including phenoxy) is 1. The molecule has 0 unspecified atom stereocenters. The zero-order valence-electron chi connectivity index (χ0n) is 10.9. The number of carbonyl (C=O) groups is 2. The van der Waals surface area contributed by atoms with E-state index >= 15 is 0 Å². The fourth-order valence-electron chi connectivity index (χ4n) is 2.56. The van der Waals surface area contributed by atoms with E-state index in [2.05, 4.69) is 0 Å². The van der Waals surface area contributed by atoms with Gasteiger partial charge in [0.15, 0.2) is 0 Å². The fourth-order valence-corrected chi connectivity index (χ4v) is 2.56. The first kappa shape index (κ1) is 13.1. The third-order valence-electron chi connectivity index (χ3n) is 3.69. The summed E-state index contributed by atoms with van der Waals surface area (Å²) in [5.74, 6) is 0.0586. The van der Waals surface area contributed by atoms with Gasteiger partial charge < -0.3 is 9.64 Å². The summed E-state index contributed by atoms with van der Waals surface area (Å²) in [5, 5.41) is 0. The van der Waals surface area contributed by atoms with E-state index in [0.717, 1.165) is 25.8 Å². The number of carbonyl (C=O) groups excluding carboxylic acids is 2. The molecule has 0 aromatic heterocycles. The van der Waals surface area contributed by atoms with Gasteiger partial charge in [-0.15, -0.1) is 0 Å². The van der Waals surface area contributed by atoms with Gasteiger partial charge in [-0.25, -0.2) is 0 Å². The van der Waals surface area contributed by atoms with E-state index in [9.17, 15) is 9.59 Å². The Hall–Kier alpha value is -1.32. The molecule has 0 saturated carbocycles. The van der Waals surface area contributed by atoms with E-state index in [0.29, 0.717) is 19.4 Å². The number of hydrogen-bond acceptors (Lipinski definition) is 3. The standard InChI is InChI=1S/C14H21NO3/c1-11-6-3-2-4-8-13(16)18-10-12-7-5-9-15(12)14(11)17/h2-3,11-12H,4-10H2,1H3/b3-2+/t11-,12-/m1/s1. The van der Waals surface area contributed by atoms with Crippen molar-refractivity contribution < 1.29 is 14.3 Å². The molecule has 0 radical (unpaired) electrons. The Morgan fingerprint density at radius 3 is 3.00 bits per heavy atom. The summed E-state index contributed by atoms with van der Waals surface area (Å²) in [5.41, 5.74) is 0. The van der Waals surface area contributed by atoms with Crippen LogP contribution in [0.1, 0.15) is 39.0 Å². The topological polar surface area (TPSA) is 46.6 Å². The van der Waals surface area contributed by atoms with Crippen molar-refractivity contribution >= 4 is 11.9 Å². The fraction of sp³-hybridized carbons (Fsp3) is 0.714. The van der Waals surface area contributed by atoms with Gasteiger partial charge in [-0.1, -0.05) is 19.1 Å². The maximum Gasteiger partial charge on any atom is 0.306 e. The van der Waals surface area contributed by atoms with Gasteiger partial charge in [0.1, 0.15) is 6.61 Å². The van der Waals surface area contributed by atoms with E-state index in [4.69, 9.17) is 4.74 Å². The molecule has 0 aromatic rings. The third-order valence-corrected chi connectivity index (χ3v) is 3.69. The lowest BCUT2D eigenvalue weighted by Gasteiger charge is -2.27. The largest absolute Gasteiger partial charge is 0.463 e. The van der Waals surface area contributed by atoms with Gasteiger partial charge in [0.25, 0.3) is 0 Å². The Morgan fingerprint density at radius 2 is 2.17 bits per heavy atom. The van der Waals surface area contributed by atoms with Crippen LogP contribution in [0.15, 0.2) is 12.2 Å². The highest BCUT2D eigenvalue weighted by Crippen LogP contribution is 2.22. The molecule has 2 aliphatic rings. The number of cyclic esters (lactones) is 1. The molecule has 1 saturated heterocycles. The summed E-state index contributed by atoms with van der Waals surface area (Å²) >= 11 is 0. The maximum atomic E-state index is 12.3. The van der Waals surface area contributed by atoms with Crippen LogP contribution in [0.25, 0.3) is 0 Å². The van der Waals surface area contributed by atoms with E-state index in [-0.39, 0.29) is 23.8 Å². The molecule has 2 atom stereocenters. The molecular weight excluding hydrogens is 230 g/mol. The molecule has 1 amide bonds. The molecule has 0 spiro atoms. The zero-order valence-corrected chi connectivity index (χ0v) is 10.9. The molecule has 0 aliphatic carbocycles. The molecule has 4 heteroatoms. The van der Waals surface area contributed by atoms with E-state index in [1.807, 2.05) is 24.0 Å². The number of hydrogen-bond donors (Lipinski definition) is 0. The SMILES string of the molecule is C[C@@H]1C/C=C/CCC(=O)OC[C@H]2CCCN2C1=O. The first-order chi connectivity index (χ1) is 8.68. The minimum absolute atomic E-state index is 0.0250. The number of allylic oxidation sites excluding steroid dienone is 2. The smallest absolute Gasteiger partial charge is 0.306 e. The van der Waals surface area contributed by atoms with Crippen LogP contribution in [0.5, 0.6) is 0 Å². The Labute approximate surface area is 108 Å². The number of nitrogens with zero attached hydrogens (tertiary/aromatic N) is 1. The van der Waals surface area contributed by atoms with Gasteiger partial charge >= 0.3 is 5.97 Å². The Kier molecular flexibility index (Phi) is 4.39. The number of fused-ring (bicyclic) bond motifs is 1. The summed E-state index contributed by atoms with van der Waals surface area (Å²) in [6.45, 7) is 3.13. The summed E-state index contributed by atoms with van der Waals surface area (Å²) < 4.78 is 5.25. The van der Waals surface area contributed by atoms with Crippen LogP contribution in [0.3, 0.4) is 0 Å². The third kappa shape index (κ3) is 3.12. The van der Waals surface area contributed by atoms with Crippen molar-refractivity contribution in [2.45, 2.75) is 45.1 Å². The lowest BCUT2D eigenvalue weighted by molar-refractivity contribution is -0.148. The first-order valence-electron chi connectivity index (χ1n) is 6.79. The van der Waals surface area contributed by atoms with Gasteiger partial charge in [0, 0.05) is 18.9 Å². The predicted molar refractivity (Wildman–Crippen MR) is 67.8 cm³/mol. The molecule has 18 heavy (non-hydrogen) atoms. The van der Waals surface area contributed by atoms with E-state index in [1.165, 1.54) is 0 Å². The molecule has 2 aliphatic heterocycles. The van der Waals surface area contributed by atoms with Crippen LogP contribution >= 0.6 is 0 Å². The normalized spacial score (nSPS) is 32.2. The molecule has 0 N–H and O–H groups in total. The van der Waals surface area contributed by atoms with Crippen molar-refractivity contribution in [3.63, 3.8) is 0 Å². The number of rotatable bonds is 0. The van der Waals surface area contributed by atoms with Crippen LogP contribution in [0.2, 0.25) is 0 Å². The second-order valence-electron chi connectivity index (χ2n) is 5.16. The van der Waals surface area contributed by atoms with Crippen molar-refractivity contribution in [2.75, 3.05) is 13.2 Å². The highest BCUT2D eigenvalue weighted by atomic mass is 16.5. The molecule has 100 valence electrons. The second-order valence-corrected chi connectivity index (χ2v) is 5.16. The number of amides is 1. The first-order valence-corrected chi connectivity index (χ1v) is 6.79. The molecule has 2 heterocycles. The Morgan fingerprint density at radius 1 is 1.33 bits per heavy atom. The average Bonchev–Trinajstić information content (AvgIpc) is 2.81. The summed E-state index contributed by atoms with van der Waals surface area (Å²) in [4.78, 5) is 25.6. The van der Waals surface area contributed by atoms with Crippen LogP contribution in [0, 0.1) is 5.92 Å². The Balaban J connectivity index is 2.08.